The third-order valence-electron chi connectivity index (χ3n) is 4.15. The molecule has 3 aromatic rings. The Balaban J connectivity index is 1.97. The molecule has 0 saturated carbocycles. The van der Waals surface area contributed by atoms with Gasteiger partial charge in [-0.3, -0.25) is 0 Å². The molecule has 1 aromatic heterocycles. The van der Waals surface area contributed by atoms with Crippen molar-refractivity contribution >= 4 is 11.4 Å². The van der Waals surface area contributed by atoms with Gasteiger partial charge in [0.15, 0.2) is 0 Å². The molecule has 0 aliphatic heterocycles. The molecule has 4 N–H and O–H groups in total. The van der Waals surface area contributed by atoms with Crippen LogP contribution in [-0.4, -0.2) is 18.7 Å². The number of ether oxygens (including phenoxy) is 2. The lowest BCUT2D eigenvalue weighted by molar-refractivity contribution is -0.0503. The van der Waals surface area contributed by atoms with Crippen molar-refractivity contribution in [3.63, 3.8) is 0 Å². The fourth-order valence-corrected chi connectivity index (χ4v) is 2.79. The molecule has 2 aromatic carbocycles. The van der Waals surface area contributed by atoms with Gasteiger partial charge >= 0.3 is 6.61 Å². The molecule has 7 heteroatoms. The van der Waals surface area contributed by atoms with Crippen molar-refractivity contribution in [3.8, 4) is 22.8 Å². The summed E-state index contributed by atoms with van der Waals surface area (Å²) in [6.07, 6.45) is 1.97. The summed E-state index contributed by atoms with van der Waals surface area (Å²) in [7, 11) is 1.54. The molecule has 0 fully saturated rings. The van der Waals surface area contributed by atoms with Crippen LogP contribution in [0.25, 0.3) is 11.1 Å². The van der Waals surface area contributed by atoms with Crippen LogP contribution in [0.2, 0.25) is 0 Å². The highest BCUT2D eigenvalue weighted by atomic mass is 19.3. The quantitative estimate of drug-likeness (QED) is 0.637. The maximum atomic E-state index is 12.6. The first-order chi connectivity index (χ1) is 13.0. The van der Waals surface area contributed by atoms with Crippen LogP contribution >= 0.6 is 0 Å². The maximum Gasteiger partial charge on any atom is 0.387 e. The lowest BCUT2D eigenvalue weighted by Gasteiger charge is -2.15. The summed E-state index contributed by atoms with van der Waals surface area (Å²) in [5.74, 6) is 0.613. The van der Waals surface area contributed by atoms with Gasteiger partial charge in [0.05, 0.1) is 18.5 Å². The van der Waals surface area contributed by atoms with Gasteiger partial charge in [0.1, 0.15) is 5.75 Å². The number of aromatic nitrogens is 1. The first kappa shape index (κ1) is 18.4. The average Bonchev–Trinajstić information content (AvgIpc) is 2.66. The summed E-state index contributed by atoms with van der Waals surface area (Å²) in [4.78, 5) is 4.19. The van der Waals surface area contributed by atoms with Gasteiger partial charge in [0, 0.05) is 24.2 Å². The van der Waals surface area contributed by atoms with Gasteiger partial charge in [-0.1, -0.05) is 18.2 Å². The molecular formula is C20H19F2N3O2. The monoisotopic (exact) mass is 371 g/mol. The van der Waals surface area contributed by atoms with Gasteiger partial charge in [-0.05, 0) is 41.0 Å². The number of hydrogen-bond acceptors (Lipinski definition) is 5. The maximum absolute atomic E-state index is 12.6. The first-order valence-electron chi connectivity index (χ1n) is 8.19. The van der Waals surface area contributed by atoms with E-state index in [1.165, 1.54) is 6.07 Å². The molecule has 5 nitrogen and oxygen atoms in total. The highest BCUT2D eigenvalue weighted by Gasteiger charge is 2.13. The van der Waals surface area contributed by atoms with Crippen molar-refractivity contribution in [2.24, 2.45) is 0 Å². The summed E-state index contributed by atoms with van der Waals surface area (Å²) < 4.78 is 35.0. The third-order valence-corrected chi connectivity index (χ3v) is 4.15. The van der Waals surface area contributed by atoms with E-state index in [2.05, 4.69) is 9.72 Å². The normalized spacial score (nSPS) is 10.8. The standard InChI is InChI=1S/C20H19F2N3O2/c1-26-18-7-6-13(11-25-18)14-9-15(19(24)16(23)10-14)8-12-4-2-3-5-17(12)27-20(21)22/h2-7,9-11,20H,8,23-24H2,1H3. The van der Waals surface area contributed by atoms with Crippen molar-refractivity contribution in [3.05, 3.63) is 65.9 Å². The molecule has 0 atom stereocenters. The van der Waals surface area contributed by atoms with E-state index in [1.807, 2.05) is 12.1 Å². The fraction of sp³-hybridized carbons (Fsp3) is 0.150. The number of methoxy groups -OCH3 is 1. The second kappa shape index (κ2) is 7.90. The Labute approximate surface area is 155 Å². The lowest BCUT2D eigenvalue weighted by Crippen LogP contribution is -2.06. The van der Waals surface area contributed by atoms with Gasteiger partial charge in [-0.2, -0.15) is 8.78 Å². The number of anilines is 2. The highest BCUT2D eigenvalue weighted by Crippen LogP contribution is 2.32. The third kappa shape index (κ3) is 4.25. The van der Waals surface area contributed by atoms with E-state index < -0.39 is 6.61 Å². The molecule has 0 amide bonds. The van der Waals surface area contributed by atoms with Crippen LogP contribution in [0.3, 0.4) is 0 Å². The molecule has 0 aliphatic carbocycles. The zero-order valence-electron chi connectivity index (χ0n) is 14.7. The smallest absolute Gasteiger partial charge is 0.387 e. The Bertz CT molecular complexity index is 931. The Morgan fingerprint density at radius 2 is 1.78 bits per heavy atom. The van der Waals surface area contributed by atoms with E-state index in [1.54, 1.807) is 43.6 Å². The minimum atomic E-state index is -2.90. The predicted octanol–water partition coefficient (Wildman–Crippen LogP) is 4.11. The minimum absolute atomic E-state index is 0.113. The molecular weight excluding hydrogens is 352 g/mol. The van der Waals surface area contributed by atoms with Crippen molar-refractivity contribution in [1.29, 1.82) is 0 Å². The zero-order chi connectivity index (χ0) is 19.4. The molecule has 140 valence electrons. The van der Waals surface area contributed by atoms with Crippen LogP contribution in [0, 0.1) is 0 Å². The number of hydrogen-bond donors (Lipinski definition) is 2. The fourth-order valence-electron chi connectivity index (χ4n) is 2.79. The van der Waals surface area contributed by atoms with Crippen LogP contribution in [0.1, 0.15) is 11.1 Å². The zero-order valence-corrected chi connectivity index (χ0v) is 14.7. The lowest BCUT2D eigenvalue weighted by atomic mass is 9.97. The highest BCUT2D eigenvalue weighted by molar-refractivity contribution is 5.78. The number of nitrogens with two attached hydrogens (primary N) is 2. The van der Waals surface area contributed by atoms with E-state index in [4.69, 9.17) is 16.2 Å². The molecule has 0 saturated heterocycles. The molecule has 0 aliphatic rings. The van der Waals surface area contributed by atoms with Crippen LogP contribution < -0.4 is 20.9 Å². The SMILES string of the molecule is COc1ccc(-c2cc(N)c(N)c(Cc3ccccc3OC(F)F)c2)cn1. The molecule has 0 radical (unpaired) electrons. The Hall–Kier alpha value is -3.35. The summed E-state index contributed by atoms with van der Waals surface area (Å²) in [5.41, 5.74) is 16.0. The van der Waals surface area contributed by atoms with Crippen LogP contribution in [0.4, 0.5) is 20.2 Å². The van der Waals surface area contributed by atoms with Gasteiger partial charge in [0.25, 0.3) is 0 Å². The van der Waals surface area contributed by atoms with Crippen molar-refractivity contribution in [2.75, 3.05) is 18.6 Å². The number of nitrogens with zero attached hydrogens (tertiary/aromatic N) is 1. The van der Waals surface area contributed by atoms with E-state index in [0.717, 1.165) is 11.1 Å². The number of para-hydroxylation sites is 1. The molecule has 0 spiro atoms. The van der Waals surface area contributed by atoms with Gasteiger partial charge in [0.2, 0.25) is 5.88 Å². The van der Waals surface area contributed by atoms with Crippen molar-refractivity contribution in [1.82, 2.24) is 4.98 Å². The van der Waals surface area contributed by atoms with Gasteiger partial charge in [-0.15, -0.1) is 0 Å². The number of halogens is 2. The number of alkyl halides is 2. The van der Waals surface area contributed by atoms with Gasteiger partial charge in [-0.25, -0.2) is 4.98 Å². The molecule has 3 rings (SSSR count). The van der Waals surface area contributed by atoms with Crippen LogP contribution in [-0.2, 0) is 6.42 Å². The average molecular weight is 371 g/mol. The van der Waals surface area contributed by atoms with Crippen molar-refractivity contribution in [2.45, 2.75) is 13.0 Å². The van der Waals surface area contributed by atoms with Gasteiger partial charge < -0.3 is 20.9 Å². The van der Waals surface area contributed by atoms with Crippen LogP contribution in [0.15, 0.2) is 54.7 Å². The van der Waals surface area contributed by atoms with E-state index in [9.17, 15) is 8.78 Å². The van der Waals surface area contributed by atoms with Crippen LogP contribution in [0.5, 0.6) is 11.6 Å². The minimum Gasteiger partial charge on any atom is -0.481 e. The molecule has 0 unspecified atom stereocenters. The number of rotatable bonds is 6. The Morgan fingerprint density at radius 3 is 2.44 bits per heavy atom. The number of pyridine rings is 1. The first-order valence-corrected chi connectivity index (χ1v) is 8.19. The summed E-state index contributed by atoms with van der Waals surface area (Å²) in [6.45, 7) is -2.90. The Kier molecular flexibility index (Phi) is 5.40. The Morgan fingerprint density at radius 1 is 1.00 bits per heavy atom. The topological polar surface area (TPSA) is 83.4 Å². The number of nitrogen functional groups attached to an aromatic ring is 2. The largest absolute Gasteiger partial charge is 0.481 e. The number of benzene rings is 2. The molecule has 27 heavy (non-hydrogen) atoms. The second-order valence-corrected chi connectivity index (χ2v) is 5.89. The summed E-state index contributed by atoms with van der Waals surface area (Å²) in [5, 5.41) is 0. The van der Waals surface area contributed by atoms with E-state index >= 15 is 0 Å². The van der Waals surface area contributed by atoms with E-state index in [0.29, 0.717) is 34.8 Å². The summed E-state index contributed by atoms with van der Waals surface area (Å²) in [6, 6.07) is 13.8. The second-order valence-electron chi connectivity index (χ2n) is 5.89. The van der Waals surface area contributed by atoms with E-state index in [-0.39, 0.29) is 5.75 Å². The molecule has 0 bridgehead atoms. The predicted molar refractivity (Wildman–Crippen MR) is 101 cm³/mol. The van der Waals surface area contributed by atoms with Crippen molar-refractivity contribution < 1.29 is 18.3 Å². The molecule has 1 heterocycles. The summed E-state index contributed by atoms with van der Waals surface area (Å²) >= 11 is 0.